The Labute approximate surface area is 123 Å². The maximum absolute atomic E-state index is 6.12. The van der Waals surface area contributed by atoms with E-state index in [1.54, 1.807) is 0 Å². The second-order valence-corrected chi connectivity index (χ2v) is 5.30. The molecular weight excluding hydrogens is 276 g/mol. The van der Waals surface area contributed by atoms with Crippen LogP contribution in [-0.4, -0.2) is 4.99 Å². The molecule has 0 radical (unpaired) electrons. The standard InChI is InChI=1S/C15H15ClN2S/c1-9-6-7-14(11(8-9)15(17)19)18-13-5-3-4-12(16)10(13)2/h3-8,18H,1-2H3,(H2,17,19). The fourth-order valence-corrected chi connectivity index (χ4v) is 2.20. The zero-order chi connectivity index (χ0) is 14.0. The predicted molar refractivity (Wildman–Crippen MR) is 86.5 cm³/mol. The van der Waals surface area contributed by atoms with Crippen LogP contribution in [0.1, 0.15) is 16.7 Å². The molecule has 0 amide bonds. The molecular formula is C15H15ClN2S. The van der Waals surface area contributed by atoms with Gasteiger partial charge in [0.05, 0.1) is 0 Å². The van der Waals surface area contributed by atoms with Crippen LogP contribution in [0.3, 0.4) is 0 Å². The third-order valence-corrected chi connectivity index (χ3v) is 3.61. The van der Waals surface area contributed by atoms with Gasteiger partial charge in [-0.05, 0) is 43.7 Å². The van der Waals surface area contributed by atoms with Crippen LogP contribution >= 0.6 is 23.8 Å². The van der Waals surface area contributed by atoms with E-state index in [9.17, 15) is 0 Å². The molecule has 2 aromatic carbocycles. The van der Waals surface area contributed by atoms with Crippen molar-refractivity contribution in [2.45, 2.75) is 13.8 Å². The molecule has 0 spiro atoms. The first kappa shape index (κ1) is 13.8. The van der Waals surface area contributed by atoms with E-state index in [-0.39, 0.29) is 0 Å². The number of aryl methyl sites for hydroxylation is 1. The zero-order valence-corrected chi connectivity index (χ0v) is 12.4. The number of thiocarbonyl (C=S) groups is 1. The van der Waals surface area contributed by atoms with Crippen LogP contribution in [-0.2, 0) is 0 Å². The van der Waals surface area contributed by atoms with Crippen LogP contribution in [0.2, 0.25) is 5.02 Å². The van der Waals surface area contributed by atoms with Crippen molar-refractivity contribution in [3.63, 3.8) is 0 Å². The predicted octanol–water partition coefficient (Wildman–Crippen LogP) is 4.33. The molecule has 2 rings (SSSR count). The molecule has 0 heterocycles. The van der Waals surface area contributed by atoms with Crippen molar-refractivity contribution < 1.29 is 0 Å². The highest BCUT2D eigenvalue weighted by molar-refractivity contribution is 7.80. The highest BCUT2D eigenvalue weighted by Gasteiger charge is 2.08. The lowest BCUT2D eigenvalue weighted by Crippen LogP contribution is -2.12. The first-order chi connectivity index (χ1) is 8.99. The summed E-state index contributed by atoms with van der Waals surface area (Å²) in [6, 6.07) is 11.7. The summed E-state index contributed by atoms with van der Waals surface area (Å²) < 4.78 is 0. The monoisotopic (exact) mass is 290 g/mol. The Morgan fingerprint density at radius 2 is 1.89 bits per heavy atom. The quantitative estimate of drug-likeness (QED) is 0.826. The fraction of sp³-hybridized carbons (Fsp3) is 0.133. The van der Waals surface area contributed by atoms with Gasteiger partial charge in [-0.15, -0.1) is 0 Å². The van der Waals surface area contributed by atoms with Crippen molar-refractivity contribution in [3.8, 4) is 0 Å². The summed E-state index contributed by atoms with van der Waals surface area (Å²) in [7, 11) is 0. The molecule has 0 bridgehead atoms. The maximum atomic E-state index is 6.12. The normalized spacial score (nSPS) is 10.3. The Hall–Kier alpha value is -1.58. The van der Waals surface area contributed by atoms with Crippen LogP contribution in [0.5, 0.6) is 0 Å². The van der Waals surface area contributed by atoms with Gasteiger partial charge in [0, 0.05) is 22.0 Å². The lowest BCUT2D eigenvalue weighted by atomic mass is 10.1. The summed E-state index contributed by atoms with van der Waals surface area (Å²) in [6.45, 7) is 3.98. The zero-order valence-electron chi connectivity index (χ0n) is 10.8. The molecule has 0 aliphatic carbocycles. The Balaban J connectivity index is 2.44. The van der Waals surface area contributed by atoms with Crippen molar-refractivity contribution in [1.82, 2.24) is 0 Å². The first-order valence-corrected chi connectivity index (χ1v) is 6.70. The molecule has 19 heavy (non-hydrogen) atoms. The van der Waals surface area contributed by atoms with Gasteiger partial charge < -0.3 is 11.1 Å². The number of benzene rings is 2. The Bertz CT molecular complexity index is 638. The minimum absolute atomic E-state index is 0.380. The van der Waals surface area contributed by atoms with E-state index in [0.717, 1.165) is 33.1 Å². The van der Waals surface area contributed by atoms with Gasteiger partial charge in [-0.3, -0.25) is 0 Å². The van der Waals surface area contributed by atoms with Crippen molar-refractivity contribution in [1.29, 1.82) is 0 Å². The molecule has 0 unspecified atom stereocenters. The highest BCUT2D eigenvalue weighted by Crippen LogP contribution is 2.28. The lowest BCUT2D eigenvalue weighted by Gasteiger charge is -2.14. The lowest BCUT2D eigenvalue weighted by molar-refractivity contribution is 1.40. The summed E-state index contributed by atoms with van der Waals surface area (Å²) in [5.74, 6) is 0. The fourth-order valence-electron chi connectivity index (χ4n) is 1.86. The summed E-state index contributed by atoms with van der Waals surface area (Å²) in [5, 5.41) is 4.07. The third-order valence-electron chi connectivity index (χ3n) is 2.98. The van der Waals surface area contributed by atoms with Crippen molar-refractivity contribution in [2.24, 2.45) is 5.73 Å². The van der Waals surface area contributed by atoms with Crippen molar-refractivity contribution >= 4 is 40.2 Å². The Morgan fingerprint density at radius 1 is 1.16 bits per heavy atom. The Kier molecular flexibility index (Phi) is 4.08. The molecule has 0 aliphatic heterocycles. The number of anilines is 2. The number of nitrogens with two attached hydrogens (primary N) is 1. The second kappa shape index (κ2) is 5.59. The molecule has 4 heteroatoms. The van der Waals surface area contributed by atoms with Gasteiger partial charge >= 0.3 is 0 Å². The molecule has 2 nitrogen and oxygen atoms in total. The largest absolute Gasteiger partial charge is 0.389 e. The highest BCUT2D eigenvalue weighted by atomic mass is 35.5. The number of hydrogen-bond acceptors (Lipinski definition) is 2. The summed E-state index contributed by atoms with van der Waals surface area (Å²) in [4.78, 5) is 0.380. The van der Waals surface area contributed by atoms with E-state index in [1.807, 2.05) is 50.2 Å². The smallest absolute Gasteiger partial charge is 0.106 e. The molecule has 0 aromatic heterocycles. The minimum atomic E-state index is 0.380. The van der Waals surface area contributed by atoms with E-state index in [1.165, 1.54) is 0 Å². The summed E-state index contributed by atoms with van der Waals surface area (Å²) in [6.07, 6.45) is 0. The van der Waals surface area contributed by atoms with Crippen molar-refractivity contribution in [3.05, 3.63) is 58.1 Å². The molecule has 2 aromatic rings. The first-order valence-electron chi connectivity index (χ1n) is 5.91. The third kappa shape index (κ3) is 3.06. The van der Waals surface area contributed by atoms with E-state index in [2.05, 4.69) is 5.32 Å². The van der Waals surface area contributed by atoms with E-state index >= 15 is 0 Å². The number of halogens is 1. The van der Waals surface area contributed by atoms with Crippen LogP contribution < -0.4 is 11.1 Å². The average molecular weight is 291 g/mol. The maximum Gasteiger partial charge on any atom is 0.106 e. The molecule has 0 fully saturated rings. The Morgan fingerprint density at radius 3 is 2.58 bits per heavy atom. The van der Waals surface area contributed by atoms with Crippen LogP contribution in [0.15, 0.2) is 36.4 Å². The SMILES string of the molecule is Cc1ccc(Nc2cccc(Cl)c2C)c(C(N)=S)c1. The van der Waals surface area contributed by atoms with Gasteiger partial charge in [0.25, 0.3) is 0 Å². The summed E-state index contributed by atoms with van der Waals surface area (Å²) >= 11 is 11.2. The molecule has 98 valence electrons. The second-order valence-electron chi connectivity index (χ2n) is 4.45. The minimum Gasteiger partial charge on any atom is -0.389 e. The topological polar surface area (TPSA) is 38.0 Å². The molecule has 0 saturated carbocycles. The van der Waals surface area contributed by atoms with Gasteiger partial charge in [0.2, 0.25) is 0 Å². The molecule has 0 atom stereocenters. The van der Waals surface area contributed by atoms with Gasteiger partial charge in [-0.2, -0.15) is 0 Å². The summed E-state index contributed by atoms with van der Waals surface area (Å²) in [5.41, 5.74) is 10.6. The van der Waals surface area contributed by atoms with Gasteiger partial charge in [-0.1, -0.05) is 41.5 Å². The molecule has 0 saturated heterocycles. The number of rotatable bonds is 3. The number of hydrogen-bond donors (Lipinski definition) is 2. The van der Waals surface area contributed by atoms with Gasteiger partial charge in [0.1, 0.15) is 4.99 Å². The molecule has 0 aliphatic rings. The van der Waals surface area contributed by atoms with E-state index in [4.69, 9.17) is 29.6 Å². The van der Waals surface area contributed by atoms with Crippen molar-refractivity contribution in [2.75, 3.05) is 5.32 Å². The van der Waals surface area contributed by atoms with E-state index in [0.29, 0.717) is 4.99 Å². The van der Waals surface area contributed by atoms with Crippen LogP contribution in [0.25, 0.3) is 0 Å². The van der Waals surface area contributed by atoms with Gasteiger partial charge in [0.15, 0.2) is 0 Å². The van der Waals surface area contributed by atoms with E-state index < -0.39 is 0 Å². The number of nitrogens with one attached hydrogen (secondary N) is 1. The van der Waals surface area contributed by atoms with Gasteiger partial charge in [-0.25, -0.2) is 0 Å². The van der Waals surface area contributed by atoms with Crippen LogP contribution in [0.4, 0.5) is 11.4 Å². The van der Waals surface area contributed by atoms with Crippen LogP contribution in [0, 0.1) is 13.8 Å². The average Bonchev–Trinajstić information content (AvgIpc) is 2.36. The molecule has 3 N–H and O–H groups in total.